The van der Waals surface area contributed by atoms with Crippen LogP contribution in [0.5, 0.6) is 5.75 Å². The first-order chi connectivity index (χ1) is 13.9. The topological polar surface area (TPSA) is 152 Å². The van der Waals surface area contributed by atoms with E-state index in [-0.39, 0.29) is 20.4 Å². The molecule has 30 heavy (non-hydrogen) atoms. The average molecular weight is 537 g/mol. The van der Waals surface area contributed by atoms with Gasteiger partial charge in [0.1, 0.15) is 5.69 Å². The van der Waals surface area contributed by atoms with Crippen molar-refractivity contribution in [2.45, 2.75) is 0 Å². The molecular formula is C16H15BrClN5O5S2. The van der Waals surface area contributed by atoms with Crippen LogP contribution in [0, 0.1) is 11.5 Å². The highest BCUT2D eigenvalue weighted by atomic mass is 79.9. The van der Waals surface area contributed by atoms with Gasteiger partial charge in [-0.05, 0) is 40.2 Å². The standard InChI is InChI=1S/C16H15BrClN5O5S2/c1-29(25,26)23(30(2,27)28)14-11(18)7-8-13(15(14)24)22-16(20-9-19)21-12-6-4-3-5-10(12)17/h3-8,24H,1-2H3,(H2,20,21,22). The van der Waals surface area contributed by atoms with E-state index in [0.717, 1.165) is 0 Å². The van der Waals surface area contributed by atoms with E-state index >= 15 is 0 Å². The summed E-state index contributed by atoms with van der Waals surface area (Å²) >= 11 is 9.32. The minimum atomic E-state index is -4.36. The summed E-state index contributed by atoms with van der Waals surface area (Å²) in [7, 11) is -8.72. The van der Waals surface area contributed by atoms with E-state index in [0.29, 0.717) is 22.7 Å². The molecule has 160 valence electrons. The molecular weight excluding hydrogens is 522 g/mol. The van der Waals surface area contributed by atoms with E-state index in [2.05, 4.69) is 31.6 Å². The van der Waals surface area contributed by atoms with Gasteiger partial charge in [-0.15, -0.1) is 4.99 Å². The number of sulfonamides is 2. The minimum absolute atomic E-state index is 0.0190. The Bertz CT molecular complexity index is 1230. The van der Waals surface area contributed by atoms with E-state index < -0.39 is 31.5 Å². The van der Waals surface area contributed by atoms with Crippen molar-refractivity contribution in [3.63, 3.8) is 0 Å². The predicted molar refractivity (Wildman–Crippen MR) is 120 cm³/mol. The highest BCUT2D eigenvalue weighted by molar-refractivity contribution is 9.10. The fourth-order valence-electron chi connectivity index (χ4n) is 2.36. The molecule has 0 radical (unpaired) electrons. The number of phenolic OH excluding ortho intramolecular Hbond substituents is 1. The van der Waals surface area contributed by atoms with Crippen LogP contribution in [0.3, 0.4) is 0 Å². The predicted octanol–water partition coefficient (Wildman–Crippen LogP) is 2.89. The minimum Gasteiger partial charge on any atom is -0.504 e. The zero-order valence-electron chi connectivity index (χ0n) is 15.5. The molecule has 14 heteroatoms. The zero-order valence-corrected chi connectivity index (χ0v) is 19.4. The van der Waals surface area contributed by atoms with Crippen molar-refractivity contribution in [2.24, 2.45) is 4.99 Å². The number of anilines is 3. The molecule has 0 aromatic heterocycles. The van der Waals surface area contributed by atoms with Crippen LogP contribution in [0.25, 0.3) is 0 Å². The first kappa shape index (κ1) is 23.7. The van der Waals surface area contributed by atoms with Crippen molar-refractivity contribution < 1.29 is 21.9 Å². The highest BCUT2D eigenvalue weighted by Crippen LogP contribution is 2.42. The summed E-state index contributed by atoms with van der Waals surface area (Å²) in [5.74, 6) is -0.906. The molecule has 0 aliphatic carbocycles. The summed E-state index contributed by atoms with van der Waals surface area (Å²) in [5.41, 5.74) is -0.286. The van der Waals surface area contributed by atoms with Gasteiger partial charge in [0.05, 0.1) is 28.9 Å². The molecule has 10 nitrogen and oxygen atoms in total. The maximum Gasteiger partial charge on any atom is 0.245 e. The second kappa shape index (κ2) is 9.09. The van der Waals surface area contributed by atoms with Gasteiger partial charge in [-0.3, -0.25) is 0 Å². The molecule has 0 unspecified atom stereocenters. The molecule has 0 atom stereocenters. The Balaban J connectivity index is 2.56. The zero-order chi connectivity index (χ0) is 22.7. The van der Waals surface area contributed by atoms with E-state index in [1.165, 1.54) is 12.1 Å². The van der Waals surface area contributed by atoms with Gasteiger partial charge in [-0.1, -0.05) is 23.7 Å². The van der Waals surface area contributed by atoms with E-state index in [1.807, 2.05) is 0 Å². The van der Waals surface area contributed by atoms with Gasteiger partial charge >= 0.3 is 0 Å². The number of para-hydroxylation sites is 1. The van der Waals surface area contributed by atoms with Crippen molar-refractivity contribution in [1.29, 1.82) is 5.26 Å². The second-order valence-electron chi connectivity index (χ2n) is 5.81. The smallest absolute Gasteiger partial charge is 0.245 e. The summed E-state index contributed by atoms with van der Waals surface area (Å²) in [4.78, 5) is 3.58. The van der Waals surface area contributed by atoms with Crippen LogP contribution < -0.4 is 14.3 Å². The maximum absolute atomic E-state index is 12.1. The molecule has 3 N–H and O–H groups in total. The Morgan fingerprint density at radius 3 is 2.20 bits per heavy atom. The average Bonchev–Trinajstić information content (AvgIpc) is 2.61. The summed E-state index contributed by atoms with van der Waals surface area (Å²) in [6, 6.07) is 9.36. The van der Waals surface area contributed by atoms with Crippen molar-refractivity contribution in [1.82, 2.24) is 0 Å². The van der Waals surface area contributed by atoms with E-state index in [4.69, 9.17) is 16.9 Å². The SMILES string of the molecule is CS(=O)(=O)N(c1c(Cl)ccc(NC(=NC#N)Nc2ccccc2Br)c1O)S(C)(=O)=O. The number of phenols is 1. The number of hydrogen-bond acceptors (Lipinski definition) is 7. The van der Waals surface area contributed by atoms with Crippen molar-refractivity contribution >= 4 is 70.6 Å². The van der Waals surface area contributed by atoms with Crippen LogP contribution in [0.15, 0.2) is 45.9 Å². The number of aliphatic imine (C=N–C) groups is 1. The van der Waals surface area contributed by atoms with E-state index in [1.54, 1.807) is 30.5 Å². The number of rotatable bonds is 5. The van der Waals surface area contributed by atoms with Crippen molar-refractivity contribution in [3.05, 3.63) is 45.9 Å². The van der Waals surface area contributed by atoms with Gasteiger partial charge in [0, 0.05) is 4.47 Å². The Labute approximate surface area is 187 Å². The van der Waals surface area contributed by atoms with E-state index in [9.17, 15) is 21.9 Å². The Morgan fingerprint density at radius 1 is 1.10 bits per heavy atom. The molecule has 0 aliphatic rings. The number of aromatic hydroxyl groups is 1. The number of halogens is 2. The second-order valence-corrected chi connectivity index (χ2v) is 11.0. The van der Waals surface area contributed by atoms with Gasteiger partial charge in [-0.25, -0.2) is 16.8 Å². The first-order valence-electron chi connectivity index (χ1n) is 7.83. The van der Waals surface area contributed by atoms with Gasteiger partial charge in [0.15, 0.2) is 5.75 Å². The van der Waals surface area contributed by atoms with Crippen molar-refractivity contribution in [3.8, 4) is 11.9 Å². The van der Waals surface area contributed by atoms with Crippen LogP contribution in [-0.4, -0.2) is 40.4 Å². The molecule has 0 bridgehead atoms. The maximum atomic E-state index is 12.1. The summed E-state index contributed by atoms with van der Waals surface area (Å²) in [6.45, 7) is 0. The molecule has 2 aromatic rings. The normalized spacial score (nSPS) is 12.2. The lowest BCUT2D eigenvalue weighted by Crippen LogP contribution is -2.35. The molecule has 0 amide bonds. The quantitative estimate of drug-likeness (QED) is 0.228. The summed E-state index contributed by atoms with van der Waals surface area (Å²) < 4.78 is 49.0. The lowest BCUT2D eigenvalue weighted by atomic mass is 10.2. The van der Waals surface area contributed by atoms with Crippen LogP contribution >= 0.6 is 27.5 Å². The lowest BCUT2D eigenvalue weighted by Gasteiger charge is -2.23. The number of nitrogens with zero attached hydrogens (tertiary/aromatic N) is 3. The van der Waals surface area contributed by atoms with Crippen molar-refractivity contribution in [2.75, 3.05) is 26.9 Å². The number of nitrogens with one attached hydrogen (secondary N) is 2. The molecule has 2 rings (SSSR count). The van der Waals surface area contributed by atoms with Gasteiger partial charge in [0.25, 0.3) is 0 Å². The molecule has 0 heterocycles. The van der Waals surface area contributed by atoms with Crippen LogP contribution in [0.1, 0.15) is 0 Å². The third-order valence-corrected chi connectivity index (χ3v) is 7.62. The fourth-order valence-corrected chi connectivity index (χ4v) is 6.08. The van der Waals surface area contributed by atoms with Crippen LogP contribution in [0.4, 0.5) is 17.1 Å². The molecule has 0 aliphatic heterocycles. The number of hydrogen-bond donors (Lipinski definition) is 3. The Hall–Kier alpha value is -2.53. The fraction of sp³-hybridized carbons (Fsp3) is 0.125. The molecule has 0 spiro atoms. The highest BCUT2D eigenvalue weighted by Gasteiger charge is 2.33. The van der Waals surface area contributed by atoms with Gasteiger partial charge in [-0.2, -0.15) is 8.97 Å². The van der Waals surface area contributed by atoms with Gasteiger partial charge < -0.3 is 15.7 Å². The Kier molecular flexibility index (Phi) is 7.19. The number of nitriles is 1. The largest absolute Gasteiger partial charge is 0.504 e. The molecule has 0 saturated carbocycles. The lowest BCUT2D eigenvalue weighted by molar-refractivity contribution is 0.479. The first-order valence-corrected chi connectivity index (χ1v) is 12.7. The Morgan fingerprint density at radius 2 is 1.67 bits per heavy atom. The number of benzene rings is 2. The third kappa shape index (κ3) is 5.54. The molecule has 2 aromatic carbocycles. The van der Waals surface area contributed by atoms with Crippen LogP contribution in [-0.2, 0) is 20.0 Å². The molecule has 0 saturated heterocycles. The summed E-state index contributed by atoms with van der Waals surface area (Å²) in [5, 5.41) is 24.7. The monoisotopic (exact) mass is 535 g/mol. The van der Waals surface area contributed by atoms with Gasteiger partial charge in [0.2, 0.25) is 32.2 Å². The summed E-state index contributed by atoms with van der Waals surface area (Å²) in [6.07, 6.45) is 2.89. The third-order valence-electron chi connectivity index (χ3n) is 3.43. The van der Waals surface area contributed by atoms with Crippen LogP contribution in [0.2, 0.25) is 5.02 Å². The number of guanidine groups is 1. The molecule has 0 fully saturated rings.